The fourth-order valence-corrected chi connectivity index (χ4v) is 4.29. The van der Waals surface area contributed by atoms with Gasteiger partial charge in [-0.15, -0.1) is 0 Å². The van der Waals surface area contributed by atoms with Crippen LogP contribution in [0, 0.1) is 5.92 Å². The first-order chi connectivity index (χ1) is 15.1. The molecule has 1 saturated heterocycles. The molecule has 1 aliphatic heterocycles. The van der Waals surface area contributed by atoms with Gasteiger partial charge in [0.05, 0.1) is 25.7 Å². The van der Waals surface area contributed by atoms with Crippen molar-refractivity contribution in [2.24, 2.45) is 5.92 Å². The number of hydrogen-bond acceptors (Lipinski definition) is 4. The fraction of sp³-hybridized carbons (Fsp3) is 0.440. The highest BCUT2D eigenvalue weighted by Gasteiger charge is 2.35. The quantitative estimate of drug-likeness (QED) is 0.626. The topological polar surface area (TPSA) is 67.9 Å². The van der Waals surface area contributed by atoms with Gasteiger partial charge in [-0.2, -0.15) is 0 Å². The van der Waals surface area contributed by atoms with Crippen molar-refractivity contribution in [1.29, 1.82) is 0 Å². The molecule has 4 rings (SSSR count). The van der Waals surface area contributed by atoms with Gasteiger partial charge in [0.2, 0.25) is 11.8 Å². The lowest BCUT2D eigenvalue weighted by Gasteiger charge is -2.18. The van der Waals surface area contributed by atoms with E-state index in [4.69, 9.17) is 9.47 Å². The van der Waals surface area contributed by atoms with E-state index in [-0.39, 0.29) is 24.2 Å². The van der Waals surface area contributed by atoms with Crippen LogP contribution in [0.25, 0.3) is 0 Å². The predicted octanol–water partition coefficient (Wildman–Crippen LogP) is 3.72. The SMILES string of the molecule is CCOCCOCc1cccc(NC(=O)C2CC(=O)N(c3ccc4c(c3)CCC4)C2)c1. The average Bonchev–Trinajstić information content (AvgIpc) is 3.39. The molecular formula is C25H30N2O4. The van der Waals surface area contributed by atoms with Crippen LogP contribution in [0.4, 0.5) is 11.4 Å². The molecular weight excluding hydrogens is 392 g/mol. The minimum absolute atomic E-state index is 0.00884. The fourth-order valence-electron chi connectivity index (χ4n) is 4.29. The van der Waals surface area contributed by atoms with Crippen LogP contribution < -0.4 is 10.2 Å². The number of hydrogen-bond donors (Lipinski definition) is 1. The summed E-state index contributed by atoms with van der Waals surface area (Å²) < 4.78 is 10.9. The Hall–Kier alpha value is -2.70. The molecule has 1 heterocycles. The second-order valence-electron chi connectivity index (χ2n) is 8.15. The third-order valence-corrected chi connectivity index (χ3v) is 5.93. The molecule has 2 aliphatic rings. The molecule has 0 radical (unpaired) electrons. The summed E-state index contributed by atoms with van der Waals surface area (Å²) in [4.78, 5) is 27.2. The van der Waals surface area contributed by atoms with E-state index < -0.39 is 0 Å². The van der Waals surface area contributed by atoms with Gasteiger partial charge in [-0.3, -0.25) is 9.59 Å². The van der Waals surface area contributed by atoms with Gasteiger partial charge in [0.15, 0.2) is 0 Å². The highest BCUT2D eigenvalue weighted by atomic mass is 16.5. The highest BCUT2D eigenvalue weighted by molar-refractivity contribution is 6.03. The summed E-state index contributed by atoms with van der Waals surface area (Å²) in [5, 5.41) is 2.97. The Bertz CT molecular complexity index is 943. The molecule has 1 fully saturated rings. The van der Waals surface area contributed by atoms with Crippen molar-refractivity contribution in [1.82, 2.24) is 0 Å². The van der Waals surface area contributed by atoms with Crippen LogP contribution in [-0.2, 0) is 38.5 Å². The van der Waals surface area contributed by atoms with Gasteiger partial charge in [0.1, 0.15) is 0 Å². The molecule has 6 heteroatoms. The van der Waals surface area contributed by atoms with Crippen molar-refractivity contribution < 1.29 is 19.1 Å². The summed E-state index contributed by atoms with van der Waals surface area (Å²) in [5.41, 5.74) is 5.33. The Morgan fingerprint density at radius 1 is 1.10 bits per heavy atom. The van der Waals surface area contributed by atoms with Crippen molar-refractivity contribution in [2.75, 3.05) is 36.6 Å². The number of ether oxygens (including phenoxy) is 2. The van der Waals surface area contributed by atoms with Gasteiger partial charge in [-0.1, -0.05) is 18.2 Å². The van der Waals surface area contributed by atoms with E-state index in [0.29, 0.717) is 33.0 Å². The zero-order valence-electron chi connectivity index (χ0n) is 18.1. The van der Waals surface area contributed by atoms with E-state index in [1.807, 2.05) is 37.3 Å². The zero-order valence-corrected chi connectivity index (χ0v) is 18.1. The minimum atomic E-state index is -0.355. The van der Waals surface area contributed by atoms with E-state index in [0.717, 1.165) is 29.8 Å². The van der Waals surface area contributed by atoms with Gasteiger partial charge in [-0.25, -0.2) is 0 Å². The first-order valence-corrected chi connectivity index (χ1v) is 11.1. The number of carbonyl (C=O) groups excluding carboxylic acids is 2. The molecule has 2 aromatic carbocycles. The number of anilines is 2. The summed E-state index contributed by atoms with van der Waals surface area (Å²) in [6.45, 7) is 4.62. The largest absolute Gasteiger partial charge is 0.379 e. The molecule has 1 N–H and O–H groups in total. The van der Waals surface area contributed by atoms with E-state index in [2.05, 4.69) is 17.4 Å². The van der Waals surface area contributed by atoms with E-state index in [1.165, 1.54) is 17.5 Å². The first kappa shape index (κ1) is 21.5. The lowest BCUT2D eigenvalue weighted by atomic mass is 10.1. The van der Waals surface area contributed by atoms with Crippen molar-refractivity contribution in [2.45, 2.75) is 39.2 Å². The van der Waals surface area contributed by atoms with Crippen LogP contribution in [0.3, 0.4) is 0 Å². The lowest BCUT2D eigenvalue weighted by molar-refractivity contribution is -0.122. The highest BCUT2D eigenvalue weighted by Crippen LogP contribution is 2.31. The number of amides is 2. The summed E-state index contributed by atoms with van der Waals surface area (Å²) in [6, 6.07) is 13.9. The third-order valence-electron chi connectivity index (χ3n) is 5.93. The van der Waals surface area contributed by atoms with Gasteiger partial charge in [-0.05, 0) is 67.1 Å². The van der Waals surface area contributed by atoms with Gasteiger partial charge in [0.25, 0.3) is 0 Å². The smallest absolute Gasteiger partial charge is 0.229 e. The van der Waals surface area contributed by atoms with Crippen molar-refractivity contribution in [3.05, 3.63) is 59.2 Å². The maximum atomic E-state index is 12.8. The number of aryl methyl sites for hydroxylation is 2. The van der Waals surface area contributed by atoms with Crippen LogP contribution in [0.2, 0.25) is 0 Å². The normalized spacial score (nSPS) is 17.8. The first-order valence-electron chi connectivity index (χ1n) is 11.1. The van der Waals surface area contributed by atoms with Crippen molar-refractivity contribution in [3.8, 4) is 0 Å². The summed E-state index contributed by atoms with van der Waals surface area (Å²) in [6.07, 6.45) is 3.60. The van der Waals surface area contributed by atoms with E-state index >= 15 is 0 Å². The summed E-state index contributed by atoms with van der Waals surface area (Å²) in [5.74, 6) is -0.465. The molecule has 2 amide bonds. The molecule has 0 aromatic heterocycles. The van der Waals surface area contributed by atoms with Gasteiger partial charge >= 0.3 is 0 Å². The van der Waals surface area contributed by atoms with Crippen LogP contribution >= 0.6 is 0 Å². The predicted molar refractivity (Wildman–Crippen MR) is 120 cm³/mol. The standard InChI is InChI=1S/C25H30N2O4/c1-2-30-11-12-31-17-18-5-3-8-22(13-18)26-25(29)21-15-24(28)27(16-21)23-10-9-19-6-4-7-20(19)14-23/h3,5,8-10,13-14,21H,2,4,6-7,11-12,15-17H2,1H3,(H,26,29). The molecule has 0 spiro atoms. The number of carbonyl (C=O) groups is 2. The Balaban J connectivity index is 1.33. The second kappa shape index (κ2) is 10.1. The van der Waals surface area contributed by atoms with Crippen LogP contribution in [0.15, 0.2) is 42.5 Å². The Kier molecular flexibility index (Phi) is 6.99. The third kappa shape index (κ3) is 5.32. The number of fused-ring (bicyclic) bond motifs is 1. The molecule has 0 saturated carbocycles. The lowest BCUT2D eigenvalue weighted by Crippen LogP contribution is -2.28. The van der Waals surface area contributed by atoms with E-state index in [9.17, 15) is 9.59 Å². The molecule has 1 aliphatic carbocycles. The van der Waals surface area contributed by atoms with Crippen molar-refractivity contribution in [3.63, 3.8) is 0 Å². The Labute approximate surface area is 183 Å². The van der Waals surface area contributed by atoms with Gasteiger partial charge in [0, 0.05) is 30.9 Å². The molecule has 1 atom stereocenters. The molecule has 0 bridgehead atoms. The number of rotatable bonds is 9. The number of benzene rings is 2. The maximum absolute atomic E-state index is 12.8. The van der Waals surface area contributed by atoms with E-state index in [1.54, 1.807) is 4.90 Å². The number of nitrogens with one attached hydrogen (secondary N) is 1. The molecule has 2 aromatic rings. The van der Waals surface area contributed by atoms with Crippen LogP contribution in [0.1, 0.15) is 36.5 Å². The minimum Gasteiger partial charge on any atom is -0.379 e. The maximum Gasteiger partial charge on any atom is 0.229 e. The monoisotopic (exact) mass is 422 g/mol. The summed E-state index contributed by atoms with van der Waals surface area (Å²) >= 11 is 0. The summed E-state index contributed by atoms with van der Waals surface area (Å²) in [7, 11) is 0. The van der Waals surface area contributed by atoms with Gasteiger partial charge < -0.3 is 19.7 Å². The second-order valence-corrected chi connectivity index (χ2v) is 8.15. The Morgan fingerprint density at radius 2 is 1.94 bits per heavy atom. The molecule has 1 unspecified atom stereocenters. The average molecular weight is 423 g/mol. The van der Waals surface area contributed by atoms with Crippen molar-refractivity contribution >= 4 is 23.2 Å². The van der Waals surface area contributed by atoms with Crippen LogP contribution in [0.5, 0.6) is 0 Å². The number of nitrogens with zero attached hydrogens (tertiary/aromatic N) is 1. The molecule has 31 heavy (non-hydrogen) atoms. The zero-order chi connectivity index (χ0) is 21.6. The molecule has 164 valence electrons. The Morgan fingerprint density at radius 3 is 2.81 bits per heavy atom. The van der Waals surface area contributed by atoms with Crippen LogP contribution in [-0.4, -0.2) is 38.2 Å². The molecule has 6 nitrogen and oxygen atoms in total.